The topological polar surface area (TPSA) is 74.6 Å². The number of aromatic nitrogens is 3. The molecule has 3 aromatic rings. The first-order valence-corrected chi connectivity index (χ1v) is 9.11. The Morgan fingerprint density at radius 3 is 2.93 bits per heavy atom. The normalized spacial score (nSPS) is 15.0. The van der Waals surface area contributed by atoms with Crippen LogP contribution >= 0.6 is 0 Å². The number of amides is 1. The summed E-state index contributed by atoms with van der Waals surface area (Å²) in [6, 6.07) is 8.16. The highest BCUT2D eigenvalue weighted by atomic mass is 19.3. The highest BCUT2D eigenvalue weighted by molar-refractivity contribution is 6.04. The molecule has 1 saturated heterocycles. The van der Waals surface area contributed by atoms with Crippen LogP contribution in [0.25, 0.3) is 5.52 Å². The van der Waals surface area contributed by atoms with Gasteiger partial charge in [0.1, 0.15) is 12.0 Å². The lowest BCUT2D eigenvalue weighted by Crippen LogP contribution is -2.29. The minimum atomic E-state index is -2.71. The number of rotatable bonds is 4. The molecule has 0 bridgehead atoms. The Bertz CT molecular complexity index is 981. The number of fused-ring (bicyclic) bond motifs is 1. The molecule has 146 valence electrons. The van der Waals surface area contributed by atoms with Crippen molar-refractivity contribution in [2.45, 2.75) is 12.8 Å². The van der Waals surface area contributed by atoms with E-state index < -0.39 is 12.3 Å². The molecule has 2 N–H and O–H groups in total. The van der Waals surface area contributed by atoms with E-state index in [4.69, 9.17) is 0 Å². The molecule has 0 spiro atoms. The van der Waals surface area contributed by atoms with Crippen LogP contribution in [0.15, 0.2) is 42.9 Å². The smallest absolute Gasteiger partial charge is 0.274 e. The third-order valence-corrected chi connectivity index (χ3v) is 4.79. The van der Waals surface area contributed by atoms with Gasteiger partial charge in [-0.15, -0.1) is 0 Å². The molecule has 0 aliphatic carbocycles. The van der Waals surface area contributed by atoms with Crippen LogP contribution in [-0.4, -0.2) is 46.7 Å². The van der Waals surface area contributed by atoms with Crippen molar-refractivity contribution in [2.24, 2.45) is 0 Å². The summed E-state index contributed by atoms with van der Waals surface area (Å²) in [6.07, 6.45) is 1.05. The van der Waals surface area contributed by atoms with Gasteiger partial charge in [0, 0.05) is 25.3 Å². The molecule has 28 heavy (non-hydrogen) atoms. The second-order valence-corrected chi connectivity index (χ2v) is 6.55. The van der Waals surface area contributed by atoms with Gasteiger partial charge >= 0.3 is 0 Å². The van der Waals surface area contributed by atoms with Crippen LogP contribution in [0, 0.1) is 0 Å². The highest BCUT2D eigenvalue weighted by Gasteiger charge is 2.24. The standard InChI is InChI=1S/C19H20F2N6O/c20-18(21)17-14(3-1-4-15(17)26-9-2-7-22-8-10-26)25-19(28)16-6-5-13-11-23-12-24-27(13)16/h1,3-6,11-12,18,22H,2,7-10H2,(H,25,28). The first kappa shape index (κ1) is 18.3. The molecular weight excluding hydrogens is 366 g/mol. The molecule has 1 aliphatic rings. The largest absolute Gasteiger partial charge is 0.370 e. The van der Waals surface area contributed by atoms with E-state index >= 15 is 0 Å². The van der Waals surface area contributed by atoms with Gasteiger partial charge in [0.05, 0.1) is 23.0 Å². The zero-order valence-corrected chi connectivity index (χ0v) is 15.1. The van der Waals surface area contributed by atoms with Gasteiger partial charge in [-0.05, 0) is 37.2 Å². The molecule has 0 radical (unpaired) electrons. The third-order valence-electron chi connectivity index (χ3n) is 4.79. The van der Waals surface area contributed by atoms with Crippen molar-refractivity contribution in [1.82, 2.24) is 19.9 Å². The van der Waals surface area contributed by atoms with E-state index in [1.807, 2.05) is 4.90 Å². The predicted molar refractivity (Wildman–Crippen MR) is 102 cm³/mol. The summed E-state index contributed by atoms with van der Waals surface area (Å²) in [4.78, 5) is 18.6. The molecule has 1 amide bonds. The summed E-state index contributed by atoms with van der Waals surface area (Å²) in [5, 5.41) is 9.95. The highest BCUT2D eigenvalue weighted by Crippen LogP contribution is 2.36. The first-order valence-electron chi connectivity index (χ1n) is 9.11. The summed E-state index contributed by atoms with van der Waals surface area (Å²) >= 11 is 0. The maximum absolute atomic E-state index is 14.0. The van der Waals surface area contributed by atoms with Crippen LogP contribution in [0.5, 0.6) is 0 Å². The Balaban J connectivity index is 1.67. The zero-order chi connectivity index (χ0) is 19.5. The van der Waals surface area contributed by atoms with E-state index in [1.54, 1.807) is 30.5 Å². The number of hydrogen-bond donors (Lipinski definition) is 2. The van der Waals surface area contributed by atoms with Crippen molar-refractivity contribution < 1.29 is 13.6 Å². The zero-order valence-electron chi connectivity index (χ0n) is 15.1. The minimum Gasteiger partial charge on any atom is -0.370 e. The van der Waals surface area contributed by atoms with Gasteiger partial charge in [-0.25, -0.2) is 18.3 Å². The molecular formula is C19H20F2N6O. The van der Waals surface area contributed by atoms with Crippen molar-refractivity contribution in [3.63, 3.8) is 0 Å². The number of benzene rings is 1. The van der Waals surface area contributed by atoms with Gasteiger partial charge in [0.2, 0.25) is 0 Å². The quantitative estimate of drug-likeness (QED) is 0.721. The van der Waals surface area contributed by atoms with Gasteiger partial charge in [-0.1, -0.05) is 6.07 Å². The number of carbonyl (C=O) groups excluding carboxylic acids is 1. The van der Waals surface area contributed by atoms with Crippen molar-refractivity contribution in [1.29, 1.82) is 0 Å². The third kappa shape index (κ3) is 3.53. The maximum Gasteiger partial charge on any atom is 0.274 e. The maximum atomic E-state index is 14.0. The number of carbonyl (C=O) groups is 1. The molecule has 1 aliphatic heterocycles. The van der Waals surface area contributed by atoms with E-state index in [0.29, 0.717) is 24.3 Å². The monoisotopic (exact) mass is 386 g/mol. The van der Waals surface area contributed by atoms with Crippen LogP contribution in [0.1, 0.15) is 28.9 Å². The van der Waals surface area contributed by atoms with Gasteiger partial charge in [-0.3, -0.25) is 4.79 Å². The first-order chi connectivity index (χ1) is 13.6. The van der Waals surface area contributed by atoms with Crippen molar-refractivity contribution in [3.8, 4) is 0 Å². The summed E-state index contributed by atoms with van der Waals surface area (Å²) < 4.78 is 29.4. The van der Waals surface area contributed by atoms with E-state index in [2.05, 4.69) is 20.7 Å². The Morgan fingerprint density at radius 2 is 2.07 bits per heavy atom. The van der Waals surface area contributed by atoms with E-state index in [-0.39, 0.29) is 16.9 Å². The van der Waals surface area contributed by atoms with Crippen LogP contribution in [-0.2, 0) is 0 Å². The number of anilines is 2. The van der Waals surface area contributed by atoms with Gasteiger partial charge in [0.25, 0.3) is 12.3 Å². The fourth-order valence-electron chi connectivity index (χ4n) is 3.47. The predicted octanol–water partition coefficient (Wildman–Crippen LogP) is 2.72. The molecule has 0 saturated carbocycles. The lowest BCUT2D eigenvalue weighted by molar-refractivity contribution is 0.101. The van der Waals surface area contributed by atoms with Crippen LogP contribution in [0.3, 0.4) is 0 Å². The molecule has 3 heterocycles. The number of alkyl halides is 2. The molecule has 0 unspecified atom stereocenters. The SMILES string of the molecule is O=C(Nc1cccc(N2CCCNCC2)c1C(F)F)c1ccc2cncnn12. The van der Waals surface area contributed by atoms with Crippen molar-refractivity contribution in [3.05, 3.63) is 54.1 Å². The molecule has 1 fully saturated rings. The fraction of sp³-hybridized carbons (Fsp3) is 0.316. The fourth-order valence-corrected chi connectivity index (χ4v) is 3.47. The Kier molecular flexibility index (Phi) is 5.16. The average molecular weight is 386 g/mol. The van der Waals surface area contributed by atoms with E-state index in [0.717, 1.165) is 19.5 Å². The van der Waals surface area contributed by atoms with Crippen molar-refractivity contribution >= 4 is 22.8 Å². The van der Waals surface area contributed by atoms with Gasteiger partial charge in [-0.2, -0.15) is 5.10 Å². The van der Waals surface area contributed by atoms with Crippen LogP contribution in [0.2, 0.25) is 0 Å². The summed E-state index contributed by atoms with van der Waals surface area (Å²) in [5.74, 6) is -0.504. The van der Waals surface area contributed by atoms with E-state index in [1.165, 1.54) is 16.9 Å². The molecule has 7 nitrogen and oxygen atoms in total. The molecule has 0 atom stereocenters. The minimum absolute atomic E-state index is 0.110. The molecule has 9 heteroatoms. The number of halogens is 2. The summed E-state index contributed by atoms with van der Waals surface area (Å²) in [7, 11) is 0. The molecule has 4 rings (SSSR count). The Labute approximate surface area is 160 Å². The average Bonchev–Trinajstić information content (AvgIpc) is 2.94. The van der Waals surface area contributed by atoms with Crippen LogP contribution < -0.4 is 15.5 Å². The Morgan fingerprint density at radius 1 is 1.18 bits per heavy atom. The van der Waals surface area contributed by atoms with Gasteiger partial charge in [0.15, 0.2) is 0 Å². The molecule has 1 aromatic carbocycles. The lowest BCUT2D eigenvalue weighted by Gasteiger charge is -2.26. The lowest BCUT2D eigenvalue weighted by atomic mass is 10.1. The Hall–Kier alpha value is -3.07. The second kappa shape index (κ2) is 7.89. The van der Waals surface area contributed by atoms with E-state index in [9.17, 15) is 13.6 Å². The van der Waals surface area contributed by atoms with Crippen molar-refractivity contribution in [2.75, 3.05) is 36.4 Å². The van der Waals surface area contributed by atoms with Gasteiger partial charge < -0.3 is 15.5 Å². The van der Waals surface area contributed by atoms with Crippen LogP contribution in [0.4, 0.5) is 20.2 Å². The molecule has 2 aromatic heterocycles. The summed E-state index contributed by atoms with van der Waals surface area (Å²) in [6.45, 7) is 2.91. The number of hydrogen-bond acceptors (Lipinski definition) is 5. The number of nitrogens with one attached hydrogen (secondary N) is 2. The summed E-state index contributed by atoms with van der Waals surface area (Å²) in [5.41, 5.74) is 1.31. The second-order valence-electron chi connectivity index (χ2n) is 6.55. The number of nitrogens with zero attached hydrogens (tertiary/aromatic N) is 4.